The van der Waals surface area contributed by atoms with Gasteiger partial charge in [0.05, 0.1) is 0 Å². The molecule has 0 aliphatic heterocycles. The van der Waals surface area contributed by atoms with Crippen LogP contribution in [0.3, 0.4) is 0 Å². The first-order chi connectivity index (χ1) is 10.4. The van der Waals surface area contributed by atoms with Gasteiger partial charge in [-0.3, -0.25) is 4.79 Å². The first-order valence-corrected chi connectivity index (χ1v) is 8.38. The Hall–Kier alpha value is -1.36. The highest BCUT2D eigenvalue weighted by atomic mass is 16.5. The second-order valence-electron chi connectivity index (χ2n) is 6.03. The molecule has 1 rings (SSSR count). The van der Waals surface area contributed by atoms with Gasteiger partial charge in [0.25, 0.3) is 5.91 Å². The molecule has 1 aromatic heterocycles. The van der Waals surface area contributed by atoms with Crippen LogP contribution in [-0.4, -0.2) is 42.1 Å². The molecular weight excluding hydrogens is 278 g/mol. The Labute approximate surface area is 134 Å². The lowest BCUT2D eigenvalue weighted by Gasteiger charge is -2.42. The van der Waals surface area contributed by atoms with Crippen molar-refractivity contribution in [1.29, 1.82) is 0 Å². The number of carbonyl (C=O) groups is 1. The Morgan fingerprint density at radius 3 is 2.45 bits per heavy atom. The maximum Gasteiger partial charge on any atom is 0.273 e. The zero-order chi connectivity index (χ0) is 16.8. The third kappa shape index (κ3) is 4.09. The minimum atomic E-state index is -0.152. The number of amides is 1. The summed E-state index contributed by atoms with van der Waals surface area (Å²) in [5.41, 5.74) is 0.437. The summed E-state index contributed by atoms with van der Waals surface area (Å²) >= 11 is 0. The van der Waals surface area contributed by atoms with Gasteiger partial charge in [-0.2, -0.15) is 0 Å². The highest BCUT2D eigenvalue weighted by Crippen LogP contribution is 2.32. The van der Waals surface area contributed by atoms with E-state index in [1.165, 1.54) is 0 Å². The van der Waals surface area contributed by atoms with Gasteiger partial charge in [0.2, 0.25) is 0 Å². The molecule has 5 nitrogen and oxygen atoms in total. The van der Waals surface area contributed by atoms with Crippen molar-refractivity contribution in [2.75, 3.05) is 20.1 Å². The van der Waals surface area contributed by atoms with Crippen molar-refractivity contribution in [2.24, 2.45) is 5.41 Å². The third-order valence-electron chi connectivity index (χ3n) is 5.20. The van der Waals surface area contributed by atoms with Gasteiger partial charge >= 0.3 is 0 Å². The lowest BCUT2D eigenvalue weighted by atomic mass is 9.75. The average molecular weight is 309 g/mol. The van der Waals surface area contributed by atoms with Crippen molar-refractivity contribution < 1.29 is 9.32 Å². The van der Waals surface area contributed by atoms with Crippen LogP contribution in [0.1, 0.15) is 63.7 Å². The molecule has 22 heavy (non-hydrogen) atoms. The average Bonchev–Trinajstić information content (AvgIpc) is 3.04. The van der Waals surface area contributed by atoms with Gasteiger partial charge < -0.3 is 14.7 Å². The Morgan fingerprint density at radius 2 is 2.00 bits per heavy atom. The topological polar surface area (TPSA) is 58.4 Å². The molecule has 0 aromatic carbocycles. The molecule has 0 saturated heterocycles. The van der Waals surface area contributed by atoms with E-state index in [2.05, 4.69) is 50.1 Å². The molecule has 5 heteroatoms. The lowest BCUT2D eigenvalue weighted by Crippen LogP contribution is -2.50. The van der Waals surface area contributed by atoms with Crippen LogP contribution < -0.4 is 5.32 Å². The van der Waals surface area contributed by atoms with E-state index in [-0.39, 0.29) is 11.3 Å². The van der Waals surface area contributed by atoms with Crippen LogP contribution in [-0.2, 0) is 6.42 Å². The first kappa shape index (κ1) is 18.7. The monoisotopic (exact) mass is 309 g/mol. The second kappa shape index (κ2) is 8.32. The predicted molar refractivity (Wildman–Crippen MR) is 89.0 cm³/mol. The van der Waals surface area contributed by atoms with E-state index in [9.17, 15) is 4.79 Å². The van der Waals surface area contributed by atoms with Crippen molar-refractivity contribution in [3.05, 3.63) is 17.5 Å². The van der Waals surface area contributed by atoms with Crippen LogP contribution in [0.4, 0.5) is 0 Å². The number of aryl methyl sites for hydroxylation is 1. The molecule has 0 radical (unpaired) electrons. The number of carbonyl (C=O) groups excluding carboxylic acids is 1. The summed E-state index contributed by atoms with van der Waals surface area (Å²) < 4.78 is 5.10. The quantitative estimate of drug-likeness (QED) is 0.761. The fraction of sp³-hybridized carbons (Fsp3) is 0.765. The van der Waals surface area contributed by atoms with Crippen LogP contribution in [0.15, 0.2) is 10.6 Å². The maximum atomic E-state index is 12.3. The minimum Gasteiger partial charge on any atom is -0.361 e. The van der Waals surface area contributed by atoms with Crippen LogP contribution in [0, 0.1) is 5.41 Å². The summed E-state index contributed by atoms with van der Waals surface area (Å²) in [5.74, 6) is 0.586. The summed E-state index contributed by atoms with van der Waals surface area (Å²) in [6.07, 6.45) is 2.79. The molecule has 1 heterocycles. The number of nitrogens with one attached hydrogen (secondary N) is 1. The number of hydrogen-bond acceptors (Lipinski definition) is 4. The Balaban J connectivity index is 2.77. The van der Waals surface area contributed by atoms with Gasteiger partial charge in [-0.25, -0.2) is 0 Å². The normalized spacial score (nSPS) is 13.4. The highest BCUT2D eigenvalue weighted by Gasteiger charge is 2.35. The van der Waals surface area contributed by atoms with Crippen molar-refractivity contribution in [3.63, 3.8) is 0 Å². The highest BCUT2D eigenvalue weighted by molar-refractivity contribution is 5.92. The molecule has 1 aromatic rings. The van der Waals surface area contributed by atoms with Gasteiger partial charge in [-0.05, 0) is 33.4 Å². The zero-order valence-electron chi connectivity index (χ0n) is 14.9. The largest absolute Gasteiger partial charge is 0.361 e. The summed E-state index contributed by atoms with van der Waals surface area (Å²) in [6, 6.07) is 2.12. The van der Waals surface area contributed by atoms with E-state index in [0.29, 0.717) is 18.3 Å². The van der Waals surface area contributed by atoms with Gasteiger partial charge in [-0.1, -0.05) is 32.9 Å². The predicted octanol–water partition coefficient (Wildman–Crippen LogP) is 3.11. The van der Waals surface area contributed by atoms with Gasteiger partial charge in [0.1, 0.15) is 5.76 Å². The standard InChI is InChI=1S/C17H31N3O2/c1-7-14-11-15(19-22-14)16(21)18-12-17(8-2,9-3)13(5)20(6)10-4/h11,13H,7-10,12H2,1-6H3,(H,18,21). The molecule has 0 bridgehead atoms. The molecule has 126 valence electrons. The molecule has 1 N–H and O–H groups in total. The SMILES string of the molecule is CCc1cc(C(=O)NCC(CC)(CC)C(C)N(C)CC)no1. The maximum absolute atomic E-state index is 12.3. The van der Waals surface area contributed by atoms with E-state index in [1.807, 2.05) is 6.92 Å². The van der Waals surface area contributed by atoms with Gasteiger partial charge in [0, 0.05) is 30.5 Å². The van der Waals surface area contributed by atoms with E-state index in [1.54, 1.807) is 6.07 Å². The van der Waals surface area contributed by atoms with E-state index >= 15 is 0 Å². The fourth-order valence-electron chi connectivity index (χ4n) is 2.91. The minimum absolute atomic E-state index is 0.0672. The fourth-order valence-corrected chi connectivity index (χ4v) is 2.91. The zero-order valence-corrected chi connectivity index (χ0v) is 14.9. The molecule has 0 fully saturated rings. The lowest BCUT2D eigenvalue weighted by molar-refractivity contribution is 0.0746. The third-order valence-corrected chi connectivity index (χ3v) is 5.20. The smallest absolute Gasteiger partial charge is 0.273 e. The Morgan fingerprint density at radius 1 is 1.36 bits per heavy atom. The van der Waals surface area contributed by atoms with Crippen molar-refractivity contribution >= 4 is 5.91 Å². The molecule has 0 aliphatic carbocycles. The molecular formula is C17H31N3O2. The second-order valence-corrected chi connectivity index (χ2v) is 6.03. The number of rotatable bonds is 9. The van der Waals surface area contributed by atoms with Crippen LogP contribution in [0.25, 0.3) is 0 Å². The van der Waals surface area contributed by atoms with E-state index in [0.717, 1.165) is 31.6 Å². The van der Waals surface area contributed by atoms with Gasteiger partial charge in [0.15, 0.2) is 5.69 Å². The Kier molecular flexibility index (Phi) is 7.07. The molecule has 0 saturated carbocycles. The van der Waals surface area contributed by atoms with Crippen molar-refractivity contribution in [3.8, 4) is 0 Å². The summed E-state index contributed by atoms with van der Waals surface area (Å²) in [6.45, 7) is 12.4. The molecule has 1 amide bonds. The van der Waals surface area contributed by atoms with Crippen LogP contribution >= 0.6 is 0 Å². The summed E-state index contributed by atoms with van der Waals surface area (Å²) in [7, 11) is 2.14. The Bertz CT molecular complexity index is 466. The van der Waals surface area contributed by atoms with Crippen molar-refractivity contribution in [2.45, 2.75) is 59.9 Å². The number of nitrogens with zero attached hydrogens (tertiary/aromatic N) is 2. The first-order valence-electron chi connectivity index (χ1n) is 8.38. The molecule has 0 aliphatic rings. The number of aromatic nitrogens is 1. The van der Waals surface area contributed by atoms with Gasteiger partial charge in [-0.15, -0.1) is 0 Å². The van der Waals surface area contributed by atoms with Crippen LogP contribution in [0.5, 0.6) is 0 Å². The summed E-state index contributed by atoms with van der Waals surface area (Å²) in [5, 5.41) is 6.89. The molecule has 1 atom stereocenters. The summed E-state index contributed by atoms with van der Waals surface area (Å²) in [4.78, 5) is 14.6. The van der Waals surface area contributed by atoms with Crippen LogP contribution in [0.2, 0.25) is 0 Å². The molecule has 1 unspecified atom stereocenters. The van der Waals surface area contributed by atoms with E-state index in [4.69, 9.17) is 4.52 Å². The van der Waals surface area contributed by atoms with Crippen molar-refractivity contribution in [1.82, 2.24) is 15.4 Å². The van der Waals surface area contributed by atoms with E-state index < -0.39 is 0 Å². The molecule has 0 spiro atoms. The number of hydrogen-bond donors (Lipinski definition) is 1.